The van der Waals surface area contributed by atoms with Crippen molar-refractivity contribution in [2.45, 2.75) is 6.92 Å². The van der Waals surface area contributed by atoms with Gasteiger partial charge in [0.05, 0.1) is 18.4 Å². The van der Waals surface area contributed by atoms with Crippen molar-refractivity contribution in [3.63, 3.8) is 0 Å². The first kappa shape index (κ1) is 8.73. The number of nitrogens with zero attached hydrogens (tertiary/aromatic N) is 1. The van der Waals surface area contributed by atoms with Crippen LogP contribution in [0.2, 0.25) is 0 Å². The van der Waals surface area contributed by atoms with Gasteiger partial charge in [-0.2, -0.15) is 5.10 Å². The molecule has 0 spiro atoms. The first-order chi connectivity index (χ1) is 5.83. The molecule has 0 aromatic carbocycles. The summed E-state index contributed by atoms with van der Waals surface area (Å²) in [5.41, 5.74) is 0.693. The van der Waals surface area contributed by atoms with E-state index in [1.165, 1.54) is 0 Å². The van der Waals surface area contributed by atoms with E-state index in [9.17, 15) is 4.79 Å². The number of hydrogen-bond acceptors (Lipinski definition) is 3. The molecule has 0 aliphatic rings. The van der Waals surface area contributed by atoms with E-state index in [-0.39, 0.29) is 5.91 Å². The number of carbonyl (C=O) groups excluding carboxylic acids is 1. The quantitative estimate of drug-likeness (QED) is 0.590. The van der Waals surface area contributed by atoms with Crippen LogP contribution in [0.3, 0.4) is 0 Å². The Hall–Kier alpha value is -1.36. The molecule has 0 saturated carbocycles. The average molecular weight is 168 g/mol. The Kier molecular flexibility index (Phi) is 3.28. The van der Waals surface area contributed by atoms with Crippen molar-refractivity contribution in [3.8, 4) is 0 Å². The highest BCUT2D eigenvalue weighted by atomic mass is 16.1. The van der Waals surface area contributed by atoms with Crippen LogP contribution in [0.5, 0.6) is 0 Å². The number of hydrogen-bond donors (Lipinski definition) is 3. The summed E-state index contributed by atoms with van der Waals surface area (Å²) in [6, 6.07) is 0. The van der Waals surface area contributed by atoms with Gasteiger partial charge in [0, 0.05) is 6.20 Å². The zero-order valence-corrected chi connectivity index (χ0v) is 6.92. The van der Waals surface area contributed by atoms with Gasteiger partial charge in [-0.05, 0) is 6.54 Å². The second kappa shape index (κ2) is 4.50. The molecule has 0 saturated heterocycles. The van der Waals surface area contributed by atoms with E-state index in [2.05, 4.69) is 20.8 Å². The topological polar surface area (TPSA) is 69.8 Å². The molecule has 3 N–H and O–H groups in total. The smallest absolute Gasteiger partial charge is 0.238 e. The second-order valence-corrected chi connectivity index (χ2v) is 2.32. The SMILES string of the molecule is CCNCC(=O)Nc1cn[nH]c1. The molecule has 0 aliphatic heterocycles. The van der Waals surface area contributed by atoms with Gasteiger partial charge >= 0.3 is 0 Å². The van der Waals surface area contributed by atoms with Crippen LogP contribution in [0.15, 0.2) is 12.4 Å². The molecule has 1 rings (SSSR count). The van der Waals surface area contributed by atoms with Crippen molar-refractivity contribution in [2.24, 2.45) is 0 Å². The molecular weight excluding hydrogens is 156 g/mol. The van der Waals surface area contributed by atoms with Crippen molar-refractivity contribution in [1.29, 1.82) is 0 Å². The minimum atomic E-state index is -0.0572. The number of likely N-dealkylation sites (N-methyl/N-ethyl adjacent to an activating group) is 1. The zero-order chi connectivity index (χ0) is 8.81. The highest BCUT2D eigenvalue weighted by Gasteiger charge is 2.00. The Bertz CT molecular complexity index is 232. The number of aromatic nitrogens is 2. The molecule has 5 nitrogen and oxygen atoms in total. The lowest BCUT2D eigenvalue weighted by Gasteiger charge is -2.01. The second-order valence-electron chi connectivity index (χ2n) is 2.32. The monoisotopic (exact) mass is 168 g/mol. The molecule has 0 bridgehead atoms. The third-order valence-electron chi connectivity index (χ3n) is 1.32. The number of nitrogens with one attached hydrogen (secondary N) is 3. The molecule has 12 heavy (non-hydrogen) atoms. The van der Waals surface area contributed by atoms with Gasteiger partial charge < -0.3 is 10.6 Å². The van der Waals surface area contributed by atoms with Gasteiger partial charge in [0.15, 0.2) is 0 Å². The summed E-state index contributed by atoms with van der Waals surface area (Å²) >= 11 is 0. The maximum Gasteiger partial charge on any atom is 0.238 e. The van der Waals surface area contributed by atoms with Gasteiger partial charge in [-0.3, -0.25) is 9.89 Å². The number of anilines is 1. The molecule has 1 amide bonds. The van der Waals surface area contributed by atoms with Crippen LogP contribution >= 0.6 is 0 Å². The average Bonchev–Trinajstić information content (AvgIpc) is 2.53. The van der Waals surface area contributed by atoms with E-state index in [4.69, 9.17) is 0 Å². The Morgan fingerprint density at radius 1 is 1.75 bits per heavy atom. The molecule has 0 aliphatic carbocycles. The highest BCUT2D eigenvalue weighted by Crippen LogP contribution is 1.99. The fourth-order valence-electron chi connectivity index (χ4n) is 0.763. The maximum atomic E-state index is 11.1. The Morgan fingerprint density at radius 3 is 3.17 bits per heavy atom. The van der Waals surface area contributed by atoms with Gasteiger partial charge in [0.1, 0.15) is 0 Å². The lowest BCUT2D eigenvalue weighted by Crippen LogP contribution is -2.27. The minimum Gasteiger partial charge on any atom is -0.322 e. The molecule has 1 aromatic rings. The number of H-pyrrole nitrogens is 1. The minimum absolute atomic E-state index is 0.0572. The summed E-state index contributed by atoms with van der Waals surface area (Å²) in [6.45, 7) is 3.08. The fourth-order valence-corrected chi connectivity index (χ4v) is 0.763. The lowest BCUT2D eigenvalue weighted by molar-refractivity contribution is -0.115. The zero-order valence-electron chi connectivity index (χ0n) is 6.92. The van der Waals surface area contributed by atoms with Crippen LogP contribution in [0, 0.1) is 0 Å². The third-order valence-corrected chi connectivity index (χ3v) is 1.32. The Labute approximate surface area is 70.5 Å². The summed E-state index contributed by atoms with van der Waals surface area (Å²) in [7, 11) is 0. The highest BCUT2D eigenvalue weighted by molar-refractivity contribution is 5.91. The van der Waals surface area contributed by atoms with Crippen molar-refractivity contribution in [1.82, 2.24) is 15.5 Å². The van der Waals surface area contributed by atoms with E-state index < -0.39 is 0 Å². The van der Waals surface area contributed by atoms with Gasteiger partial charge in [-0.15, -0.1) is 0 Å². The van der Waals surface area contributed by atoms with Crippen molar-refractivity contribution in [2.75, 3.05) is 18.4 Å². The number of aromatic amines is 1. The first-order valence-corrected chi connectivity index (χ1v) is 3.82. The van der Waals surface area contributed by atoms with Crippen molar-refractivity contribution >= 4 is 11.6 Å². The Morgan fingerprint density at radius 2 is 2.58 bits per heavy atom. The number of carbonyl (C=O) groups is 1. The van der Waals surface area contributed by atoms with Crippen LogP contribution in [-0.2, 0) is 4.79 Å². The fraction of sp³-hybridized carbons (Fsp3) is 0.429. The maximum absolute atomic E-state index is 11.1. The van der Waals surface area contributed by atoms with E-state index in [1.54, 1.807) is 12.4 Å². The van der Waals surface area contributed by atoms with Crippen LogP contribution < -0.4 is 10.6 Å². The van der Waals surface area contributed by atoms with Crippen LogP contribution in [0.4, 0.5) is 5.69 Å². The molecule has 0 fully saturated rings. The largest absolute Gasteiger partial charge is 0.322 e. The summed E-state index contributed by atoms with van der Waals surface area (Å²) in [5, 5.41) is 11.9. The van der Waals surface area contributed by atoms with Crippen LogP contribution in [0.1, 0.15) is 6.92 Å². The van der Waals surface area contributed by atoms with Gasteiger partial charge in [-0.1, -0.05) is 6.92 Å². The van der Waals surface area contributed by atoms with Gasteiger partial charge in [0.2, 0.25) is 5.91 Å². The lowest BCUT2D eigenvalue weighted by atomic mass is 10.5. The van der Waals surface area contributed by atoms with E-state index in [0.29, 0.717) is 12.2 Å². The molecule has 66 valence electrons. The molecular formula is C7H12N4O. The normalized spacial score (nSPS) is 9.75. The van der Waals surface area contributed by atoms with Crippen LogP contribution in [0.25, 0.3) is 0 Å². The molecule has 0 atom stereocenters. The first-order valence-electron chi connectivity index (χ1n) is 3.82. The standard InChI is InChI=1S/C7H12N4O/c1-2-8-5-7(12)11-6-3-9-10-4-6/h3-4,8H,2,5H2,1H3,(H,9,10)(H,11,12). The summed E-state index contributed by atoms with van der Waals surface area (Å²) in [6.07, 6.45) is 3.19. The Balaban J connectivity index is 2.27. The van der Waals surface area contributed by atoms with E-state index in [1.807, 2.05) is 6.92 Å². The predicted molar refractivity (Wildman–Crippen MR) is 45.8 cm³/mol. The predicted octanol–water partition coefficient (Wildman–Crippen LogP) is -0.0423. The number of rotatable bonds is 4. The molecule has 0 radical (unpaired) electrons. The molecule has 1 aromatic heterocycles. The van der Waals surface area contributed by atoms with E-state index >= 15 is 0 Å². The van der Waals surface area contributed by atoms with Crippen molar-refractivity contribution < 1.29 is 4.79 Å². The molecule has 1 heterocycles. The summed E-state index contributed by atoms with van der Waals surface area (Å²) in [5.74, 6) is -0.0572. The van der Waals surface area contributed by atoms with Crippen molar-refractivity contribution in [3.05, 3.63) is 12.4 Å². The van der Waals surface area contributed by atoms with Gasteiger partial charge in [-0.25, -0.2) is 0 Å². The van der Waals surface area contributed by atoms with Gasteiger partial charge in [0.25, 0.3) is 0 Å². The molecule has 0 unspecified atom stereocenters. The number of amides is 1. The summed E-state index contributed by atoms with van der Waals surface area (Å²) in [4.78, 5) is 11.1. The van der Waals surface area contributed by atoms with Crippen LogP contribution in [-0.4, -0.2) is 29.2 Å². The third kappa shape index (κ3) is 2.71. The van der Waals surface area contributed by atoms with E-state index in [0.717, 1.165) is 6.54 Å². The summed E-state index contributed by atoms with van der Waals surface area (Å²) < 4.78 is 0. The molecule has 5 heteroatoms.